The molecule has 2 N–H and O–H groups in total. The lowest BCUT2D eigenvalue weighted by Crippen LogP contribution is -2.47. The molecule has 1 aliphatic heterocycles. The molecule has 0 aromatic carbocycles. The van der Waals surface area contributed by atoms with Crippen LogP contribution in [0.4, 0.5) is 0 Å². The summed E-state index contributed by atoms with van der Waals surface area (Å²) in [6.45, 7) is 4.14. The smallest absolute Gasteiger partial charge is 0.267 e. The highest BCUT2D eigenvalue weighted by molar-refractivity contribution is 5.96. The Morgan fingerprint density at radius 3 is 2.37 bits per heavy atom. The van der Waals surface area contributed by atoms with Gasteiger partial charge in [-0.25, -0.2) is 0 Å². The van der Waals surface area contributed by atoms with Gasteiger partial charge in [0.25, 0.3) is 11.8 Å². The number of amides is 2. The fourth-order valence-corrected chi connectivity index (χ4v) is 2.64. The maximum absolute atomic E-state index is 12.5. The minimum Gasteiger partial charge on any atom is -0.364 e. The number of rotatable bonds is 2. The molecular weight excluding hydrogens is 242 g/mol. The SMILES string of the molecule is CC1CCCC(C)N1C(=O)c1ccc(C(N)=O)nc1. The summed E-state index contributed by atoms with van der Waals surface area (Å²) in [6, 6.07) is 3.59. The first kappa shape index (κ1) is 13.5. The molecule has 5 heteroatoms. The lowest BCUT2D eigenvalue weighted by atomic mass is 9.96. The molecule has 1 aliphatic rings. The van der Waals surface area contributed by atoms with Gasteiger partial charge >= 0.3 is 0 Å². The van der Waals surface area contributed by atoms with Crippen LogP contribution in [0.5, 0.6) is 0 Å². The Morgan fingerprint density at radius 1 is 1.26 bits per heavy atom. The number of hydrogen-bond acceptors (Lipinski definition) is 3. The minimum atomic E-state index is -0.585. The van der Waals surface area contributed by atoms with E-state index >= 15 is 0 Å². The fraction of sp³-hybridized carbons (Fsp3) is 0.500. The second-order valence-electron chi connectivity index (χ2n) is 5.14. The third kappa shape index (κ3) is 2.75. The van der Waals surface area contributed by atoms with Gasteiger partial charge in [0.2, 0.25) is 0 Å². The van der Waals surface area contributed by atoms with Gasteiger partial charge in [0, 0.05) is 18.3 Å². The van der Waals surface area contributed by atoms with Crippen molar-refractivity contribution >= 4 is 11.8 Å². The zero-order valence-electron chi connectivity index (χ0n) is 11.3. The van der Waals surface area contributed by atoms with E-state index in [1.165, 1.54) is 12.3 Å². The summed E-state index contributed by atoms with van der Waals surface area (Å²) < 4.78 is 0. The number of carbonyl (C=O) groups is 2. The van der Waals surface area contributed by atoms with Gasteiger partial charge in [-0.1, -0.05) is 0 Å². The van der Waals surface area contributed by atoms with E-state index in [0.29, 0.717) is 5.56 Å². The van der Waals surface area contributed by atoms with Crippen molar-refractivity contribution in [2.45, 2.75) is 45.2 Å². The van der Waals surface area contributed by atoms with E-state index in [-0.39, 0.29) is 23.7 Å². The van der Waals surface area contributed by atoms with Crippen LogP contribution < -0.4 is 5.73 Å². The molecule has 2 heterocycles. The lowest BCUT2D eigenvalue weighted by molar-refractivity contribution is 0.0510. The molecule has 0 bridgehead atoms. The first-order chi connectivity index (χ1) is 9.00. The van der Waals surface area contributed by atoms with Gasteiger partial charge in [0.1, 0.15) is 5.69 Å². The molecule has 0 spiro atoms. The van der Waals surface area contributed by atoms with E-state index in [9.17, 15) is 9.59 Å². The van der Waals surface area contributed by atoms with E-state index < -0.39 is 5.91 Å². The van der Waals surface area contributed by atoms with Crippen molar-refractivity contribution < 1.29 is 9.59 Å². The van der Waals surface area contributed by atoms with Crippen LogP contribution in [0.3, 0.4) is 0 Å². The molecular formula is C14H19N3O2. The third-order valence-corrected chi connectivity index (χ3v) is 3.69. The summed E-state index contributed by atoms with van der Waals surface area (Å²) in [5.41, 5.74) is 5.81. The van der Waals surface area contributed by atoms with Crippen LogP contribution in [-0.4, -0.2) is 33.8 Å². The highest BCUT2D eigenvalue weighted by Crippen LogP contribution is 2.24. The summed E-state index contributed by atoms with van der Waals surface area (Å²) in [7, 11) is 0. The number of primary amides is 1. The Bertz CT molecular complexity index is 474. The Labute approximate surface area is 112 Å². The first-order valence-electron chi connectivity index (χ1n) is 6.59. The number of aromatic nitrogens is 1. The number of pyridine rings is 1. The van der Waals surface area contributed by atoms with Crippen LogP contribution in [0.1, 0.15) is 54.0 Å². The molecule has 2 rings (SSSR count). The number of likely N-dealkylation sites (tertiary alicyclic amines) is 1. The molecule has 0 saturated carbocycles. The van der Waals surface area contributed by atoms with E-state index in [4.69, 9.17) is 5.73 Å². The largest absolute Gasteiger partial charge is 0.364 e. The average molecular weight is 261 g/mol. The van der Waals surface area contributed by atoms with Gasteiger partial charge in [-0.05, 0) is 45.2 Å². The molecule has 0 aliphatic carbocycles. The second-order valence-corrected chi connectivity index (χ2v) is 5.14. The molecule has 102 valence electrons. The summed E-state index contributed by atoms with van der Waals surface area (Å²) in [5, 5.41) is 0. The number of hydrogen-bond donors (Lipinski definition) is 1. The topological polar surface area (TPSA) is 76.3 Å². The van der Waals surface area contributed by atoms with E-state index in [0.717, 1.165) is 19.3 Å². The van der Waals surface area contributed by atoms with Gasteiger partial charge < -0.3 is 10.6 Å². The van der Waals surface area contributed by atoms with Crippen molar-refractivity contribution in [3.05, 3.63) is 29.6 Å². The number of carbonyl (C=O) groups excluding carboxylic acids is 2. The number of nitrogens with two attached hydrogens (primary N) is 1. The van der Waals surface area contributed by atoms with Crippen molar-refractivity contribution in [3.8, 4) is 0 Å². The average Bonchev–Trinajstić information content (AvgIpc) is 2.38. The van der Waals surface area contributed by atoms with Gasteiger partial charge in [-0.3, -0.25) is 14.6 Å². The normalized spacial score (nSPS) is 23.2. The highest BCUT2D eigenvalue weighted by Gasteiger charge is 2.29. The van der Waals surface area contributed by atoms with Gasteiger partial charge in [0.05, 0.1) is 5.56 Å². The van der Waals surface area contributed by atoms with Crippen LogP contribution >= 0.6 is 0 Å². The minimum absolute atomic E-state index is 0.0248. The predicted molar refractivity (Wildman–Crippen MR) is 71.7 cm³/mol. The highest BCUT2D eigenvalue weighted by atomic mass is 16.2. The van der Waals surface area contributed by atoms with Gasteiger partial charge in [-0.15, -0.1) is 0 Å². The summed E-state index contributed by atoms with van der Waals surface area (Å²) in [5.74, 6) is -0.609. The Balaban J connectivity index is 2.20. The quantitative estimate of drug-likeness (QED) is 0.878. The summed E-state index contributed by atoms with van der Waals surface area (Å²) >= 11 is 0. The van der Waals surface area contributed by atoms with Crippen molar-refractivity contribution in [1.29, 1.82) is 0 Å². The Hall–Kier alpha value is -1.91. The second kappa shape index (κ2) is 5.38. The first-order valence-corrected chi connectivity index (χ1v) is 6.59. The van der Waals surface area contributed by atoms with Crippen molar-refractivity contribution in [2.24, 2.45) is 5.73 Å². The Kier molecular flexibility index (Phi) is 3.83. The fourth-order valence-electron chi connectivity index (χ4n) is 2.64. The predicted octanol–water partition coefficient (Wildman–Crippen LogP) is 1.58. The van der Waals surface area contributed by atoms with Crippen molar-refractivity contribution in [3.63, 3.8) is 0 Å². The molecule has 1 fully saturated rings. The van der Waals surface area contributed by atoms with Crippen LogP contribution in [0, 0.1) is 0 Å². The third-order valence-electron chi connectivity index (χ3n) is 3.69. The molecule has 2 amide bonds. The molecule has 19 heavy (non-hydrogen) atoms. The van der Waals surface area contributed by atoms with Gasteiger partial charge in [0.15, 0.2) is 0 Å². The number of nitrogens with zero attached hydrogens (tertiary/aromatic N) is 2. The van der Waals surface area contributed by atoms with Crippen LogP contribution in [0.15, 0.2) is 18.3 Å². The maximum atomic E-state index is 12.5. The molecule has 1 aromatic rings. The zero-order chi connectivity index (χ0) is 14.0. The summed E-state index contributed by atoms with van der Waals surface area (Å²) in [4.78, 5) is 29.3. The van der Waals surface area contributed by atoms with E-state index in [2.05, 4.69) is 18.8 Å². The van der Waals surface area contributed by atoms with Crippen LogP contribution in [0.25, 0.3) is 0 Å². The standard InChI is InChI=1S/C14H19N3O2/c1-9-4-3-5-10(2)17(9)14(19)11-6-7-12(13(15)18)16-8-11/h6-10H,3-5H2,1-2H3,(H2,15,18). The van der Waals surface area contributed by atoms with E-state index in [1.54, 1.807) is 6.07 Å². The molecule has 2 unspecified atom stereocenters. The monoisotopic (exact) mass is 261 g/mol. The van der Waals surface area contributed by atoms with Crippen LogP contribution in [0.2, 0.25) is 0 Å². The van der Waals surface area contributed by atoms with Crippen molar-refractivity contribution in [2.75, 3.05) is 0 Å². The zero-order valence-corrected chi connectivity index (χ0v) is 11.3. The summed E-state index contributed by atoms with van der Waals surface area (Å²) in [6.07, 6.45) is 4.65. The van der Waals surface area contributed by atoms with Crippen molar-refractivity contribution in [1.82, 2.24) is 9.88 Å². The van der Waals surface area contributed by atoms with Gasteiger partial charge in [-0.2, -0.15) is 0 Å². The lowest BCUT2D eigenvalue weighted by Gasteiger charge is -2.39. The molecule has 1 aromatic heterocycles. The molecule has 5 nitrogen and oxygen atoms in total. The van der Waals surface area contributed by atoms with E-state index in [1.807, 2.05) is 4.90 Å². The maximum Gasteiger partial charge on any atom is 0.267 e. The molecule has 1 saturated heterocycles. The Morgan fingerprint density at radius 2 is 1.89 bits per heavy atom. The number of piperidine rings is 1. The molecule has 2 atom stereocenters. The van der Waals surface area contributed by atoms with Crippen LogP contribution in [-0.2, 0) is 0 Å². The molecule has 0 radical (unpaired) electrons.